The van der Waals surface area contributed by atoms with Crippen LogP contribution in [0.2, 0.25) is 0 Å². The summed E-state index contributed by atoms with van der Waals surface area (Å²) in [6.07, 6.45) is 4.90. The number of ketones is 1. The van der Waals surface area contributed by atoms with Crippen LogP contribution in [0, 0.1) is 0 Å². The van der Waals surface area contributed by atoms with Crippen LogP contribution >= 0.6 is 0 Å². The van der Waals surface area contributed by atoms with Crippen LogP contribution in [0.5, 0.6) is 0 Å². The summed E-state index contributed by atoms with van der Waals surface area (Å²) in [4.78, 5) is 18.4. The number of aromatic nitrogens is 1. The van der Waals surface area contributed by atoms with Gasteiger partial charge in [-0.05, 0) is 17.2 Å². The number of hydrogen-bond donors (Lipinski definition) is 0. The first-order chi connectivity index (χ1) is 9.83. The van der Waals surface area contributed by atoms with Gasteiger partial charge in [-0.15, -0.1) is 0 Å². The van der Waals surface area contributed by atoms with Crippen molar-refractivity contribution in [3.8, 4) is 0 Å². The van der Waals surface area contributed by atoms with E-state index in [1.807, 2.05) is 18.3 Å². The number of benzene rings is 1. The molecule has 3 nitrogen and oxygen atoms in total. The van der Waals surface area contributed by atoms with E-state index < -0.39 is 0 Å². The Labute approximate surface area is 119 Å². The number of Topliss-reactive ketones (excluding diaryl/α,β-unsaturated/α-hetero) is 1. The minimum Gasteiger partial charge on any atom is -0.300 e. The molecule has 0 bridgehead atoms. The van der Waals surface area contributed by atoms with Crippen LogP contribution in [-0.4, -0.2) is 22.2 Å². The minimum absolute atomic E-state index is 0.158. The fraction of sp³-hybridized carbons (Fsp3) is 0.294. The number of hydrogen-bond acceptors (Lipinski definition) is 3. The highest BCUT2D eigenvalue weighted by molar-refractivity contribution is 5.80. The average molecular weight is 266 g/mol. The summed E-state index contributed by atoms with van der Waals surface area (Å²) < 4.78 is 0. The zero-order chi connectivity index (χ0) is 13.8. The average Bonchev–Trinajstić information content (AvgIpc) is 2.51. The van der Waals surface area contributed by atoms with Gasteiger partial charge in [0.15, 0.2) is 0 Å². The first-order valence-corrected chi connectivity index (χ1v) is 7.02. The van der Waals surface area contributed by atoms with E-state index in [9.17, 15) is 4.79 Å². The molecule has 0 spiro atoms. The molecule has 1 atom stereocenters. The molecule has 1 saturated heterocycles. The SMILES string of the molecule is O=C1CCN(Cc2ccccc2)C(c2cccnc2)C1. The Bertz CT molecular complexity index is 568. The van der Waals surface area contributed by atoms with Crippen LogP contribution in [0.15, 0.2) is 54.9 Å². The van der Waals surface area contributed by atoms with E-state index >= 15 is 0 Å². The maximum Gasteiger partial charge on any atom is 0.136 e. The predicted molar refractivity (Wildman–Crippen MR) is 78.1 cm³/mol. The second kappa shape index (κ2) is 5.97. The molecule has 102 valence electrons. The van der Waals surface area contributed by atoms with Crippen LogP contribution in [-0.2, 0) is 11.3 Å². The van der Waals surface area contributed by atoms with E-state index in [1.54, 1.807) is 6.20 Å². The third kappa shape index (κ3) is 2.94. The van der Waals surface area contributed by atoms with E-state index in [1.165, 1.54) is 5.56 Å². The predicted octanol–water partition coefficient (Wildman–Crippen LogP) is 2.99. The molecule has 1 aromatic carbocycles. The van der Waals surface area contributed by atoms with E-state index in [4.69, 9.17) is 0 Å². The van der Waals surface area contributed by atoms with Gasteiger partial charge in [-0.3, -0.25) is 14.7 Å². The summed E-state index contributed by atoms with van der Waals surface area (Å²) in [6, 6.07) is 14.6. The van der Waals surface area contributed by atoms with Crippen molar-refractivity contribution in [1.29, 1.82) is 0 Å². The number of likely N-dealkylation sites (tertiary alicyclic amines) is 1. The van der Waals surface area contributed by atoms with Crippen molar-refractivity contribution < 1.29 is 4.79 Å². The molecular weight excluding hydrogens is 248 g/mol. The number of rotatable bonds is 3. The summed E-state index contributed by atoms with van der Waals surface area (Å²) in [5.41, 5.74) is 2.42. The standard InChI is InChI=1S/C17H18N2O/c20-16-8-10-19(13-14-5-2-1-3-6-14)17(11-16)15-7-4-9-18-12-15/h1-7,9,12,17H,8,10-11,13H2. The summed E-state index contributed by atoms with van der Waals surface area (Å²) in [7, 11) is 0. The van der Waals surface area contributed by atoms with Crippen molar-refractivity contribution in [3.63, 3.8) is 0 Å². The maximum absolute atomic E-state index is 11.8. The van der Waals surface area contributed by atoms with Gasteiger partial charge in [0.05, 0.1) is 0 Å². The number of carbonyl (C=O) groups is 1. The van der Waals surface area contributed by atoms with Crippen LogP contribution in [0.25, 0.3) is 0 Å². The molecule has 2 heterocycles. The second-order valence-corrected chi connectivity index (χ2v) is 5.25. The number of nitrogens with zero attached hydrogens (tertiary/aromatic N) is 2. The van der Waals surface area contributed by atoms with E-state index in [-0.39, 0.29) is 6.04 Å². The second-order valence-electron chi connectivity index (χ2n) is 5.25. The highest BCUT2D eigenvalue weighted by Gasteiger charge is 2.28. The van der Waals surface area contributed by atoms with E-state index in [2.05, 4.69) is 40.2 Å². The number of pyridine rings is 1. The van der Waals surface area contributed by atoms with Gasteiger partial charge in [0.25, 0.3) is 0 Å². The van der Waals surface area contributed by atoms with Gasteiger partial charge >= 0.3 is 0 Å². The van der Waals surface area contributed by atoms with Gasteiger partial charge in [-0.1, -0.05) is 36.4 Å². The van der Waals surface area contributed by atoms with Crippen molar-refractivity contribution in [2.24, 2.45) is 0 Å². The van der Waals surface area contributed by atoms with Gasteiger partial charge in [0, 0.05) is 44.4 Å². The molecule has 3 rings (SSSR count). The molecule has 3 heteroatoms. The Hall–Kier alpha value is -2.00. The van der Waals surface area contributed by atoms with Crippen molar-refractivity contribution in [3.05, 3.63) is 66.0 Å². The Morgan fingerprint density at radius 1 is 1.15 bits per heavy atom. The molecule has 0 N–H and O–H groups in total. The van der Waals surface area contributed by atoms with Crippen molar-refractivity contribution in [2.45, 2.75) is 25.4 Å². The molecule has 0 amide bonds. The normalized spacial score (nSPS) is 20.0. The molecule has 2 aromatic rings. The lowest BCUT2D eigenvalue weighted by molar-refractivity contribution is -0.123. The van der Waals surface area contributed by atoms with Gasteiger partial charge in [-0.2, -0.15) is 0 Å². The van der Waals surface area contributed by atoms with Gasteiger partial charge in [0.1, 0.15) is 5.78 Å². The van der Waals surface area contributed by atoms with Gasteiger partial charge in [-0.25, -0.2) is 0 Å². The topological polar surface area (TPSA) is 33.2 Å². The highest BCUT2D eigenvalue weighted by atomic mass is 16.1. The molecule has 1 aromatic heterocycles. The third-order valence-corrected chi connectivity index (χ3v) is 3.84. The monoisotopic (exact) mass is 266 g/mol. The van der Waals surface area contributed by atoms with Crippen LogP contribution in [0.1, 0.15) is 30.0 Å². The van der Waals surface area contributed by atoms with Crippen molar-refractivity contribution in [1.82, 2.24) is 9.88 Å². The number of carbonyl (C=O) groups excluding carboxylic acids is 1. The molecule has 1 aliphatic heterocycles. The molecule has 0 radical (unpaired) electrons. The van der Waals surface area contributed by atoms with Gasteiger partial charge in [0.2, 0.25) is 0 Å². The Kier molecular flexibility index (Phi) is 3.88. The van der Waals surface area contributed by atoms with Crippen LogP contribution in [0.4, 0.5) is 0 Å². The smallest absolute Gasteiger partial charge is 0.136 e. The third-order valence-electron chi connectivity index (χ3n) is 3.84. The summed E-state index contributed by atoms with van der Waals surface area (Å²) in [5.74, 6) is 0.350. The molecule has 0 saturated carbocycles. The quantitative estimate of drug-likeness (QED) is 0.856. The summed E-state index contributed by atoms with van der Waals surface area (Å²) >= 11 is 0. The minimum atomic E-state index is 0.158. The Morgan fingerprint density at radius 3 is 2.75 bits per heavy atom. The Balaban J connectivity index is 1.82. The van der Waals surface area contributed by atoms with Crippen molar-refractivity contribution >= 4 is 5.78 Å². The molecular formula is C17H18N2O. The maximum atomic E-state index is 11.8. The van der Waals surface area contributed by atoms with Crippen LogP contribution in [0.3, 0.4) is 0 Å². The largest absolute Gasteiger partial charge is 0.300 e. The van der Waals surface area contributed by atoms with E-state index in [0.717, 1.165) is 18.7 Å². The van der Waals surface area contributed by atoms with Crippen molar-refractivity contribution in [2.75, 3.05) is 6.54 Å². The highest BCUT2D eigenvalue weighted by Crippen LogP contribution is 2.30. The molecule has 1 fully saturated rings. The first-order valence-electron chi connectivity index (χ1n) is 7.02. The zero-order valence-electron chi connectivity index (χ0n) is 11.4. The lowest BCUT2D eigenvalue weighted by atomic mass is 9.95. The first kappa shape index (κ1) is 13.0. The molecule has 1 aliphatic rings. The Morgan fingerprint density at radius 2 is 2.00 bits per heavy atom. The van der Waals surface area contributed by atoms with Crippen LogP contribution < -0.4 is 0 Å². The van der Waals surface area contributed by atoms with E-state index in [0.29, 0.717) is 18.6 Å². The number of piperidine rings is 1. The molecule has 20 heavy (non-hydrogen) atoms. The lowest BCUT2D eigenvalue weighted by Crippen LogP contribution is -2.36. The fourth-order valence-electron chi connectivity index (χ4n) is 2.78. The van der Waals surface area contributed by atoms with Gasteiger partial charge < -0.3 is 0 Å². The lowest BCUT2D eigenvalue weighted by Gasteiger charge is -2.35. The summed E-state index contributed by atoms with van der Waals surface area (Å²) in [6.45, 7) is 1.71. The summed E-state index contributed by atoms with van der Waals surface area (Å²) in [5, 5.41) is 0. The zero-order valence-corrected chi connectivity index (χ0v) is 11.4. The fourth-order valence-corrected chi connectivity index (χ4v) is 2.78. The molecule has 0 aliphatic carbocycles. The molecule has 1 unspecified atom stereocenters.